The number of aromatic nitrogens is 1. The van der Waals surface area contributed by atoms with Gasteiger partial charge in [-0.25, -0.2) is 4.85 Å². The van der Waals surface area contributed by atoms with Gasteiger partial charge >= 0.3 is 0 Å². The van der Waals surface area contributed by atoms with Crippen molar-refractivity contribution in [3.63, 3.8) is 0 Å². The molecule has 1 atom stereocenters. The summed E-state index contributed by atoms with van der Waals surface area (Å²) in [5.41, 5.74) is 4.52. The Kier molecular flexibility index (Phi) is 4.29. The summed E-state index contributed by atoms with van der Waals surface area (Å²) in [6, 6.07) is 6.29. The van der Waals surface area contributed by atoms with Crippen LogP contribution < -0.4 is 0 Å². The highest BCUT2D eigenvalue weighted by molar-refractivity contribution is 6.31. The third-order valence-corrected chi connectivity index (χ3v) is 4.43. The molecule has 0 saturated carbocycles. The van der Waals surface area contributed by atoms with E-state index < -0.39 is 0 Å². The third-order valence-electron chi connectivity index (χ3n) is 3.97. The molecule has 0 bridgehead atoms. The third kappa shape index (κ3) is 2.52. The van der Waals surface area contributed by atoms with Crippen molar-refractivity contribution in [1.29, 1.82) is 0 Å². The lowest BCUT2D eigenvalue weighted by Crippen LogP contribution is -2.03. The Labute approximate surface area is 130 Å². The van der Waals surface area contributed by atoms with Crippen LogP contribution in [0.4, 0.5) is 5.69 Å². The standard InChI is InChI=1S/C17H19ClN2O/c1-6-12(13-8-7-10(2)9-11(13)3)14-15(19-4)17(21)20(5)16(14)18/h7-9,12,21H,6H2,1-3,5H3. The fourth-order valence-electron chi connectivity index (χ4n) is 2.87. The lowest BCUT2D eigenvalue weighted by Gasteiger charge is -2.19. The van der Waals surface area contributed by atoms with Crippen molar-refractivity contribution in [3.05, 3.63) is 57.0 Å². The van der Waals surface area contributed by atoms with Gasteiger partial charge in [0.15, 0.2) is 5.88 Å². The van der Waals surface area contributed by atoms with Crippen LogP contribution in [0.25, 0.3) is 4.85 Å². The molecular weight excluding hydrogens is 284 g/mol. The Morgan fingerprint density at radius 1 is 1.38 bits per heavy atom. The lowest BCUT2D eigenvalue weighted by molar-refractivity contribution is 0.435. The SMILES string of the molecule is [C-]#[N+]c1c(C(CC)c2ccc(C)cc2C)c(Cl)n(C)c1O. The fourth-order valence-corrected chi connectivity index (χ4v) is 3.17. The number of hydrogen-bond acceptors (Lipinski definition) is 1. The van der Waals surface area contributed by atoms with E-state index in [0.29, 0.717) is 5.15 Å². The van der Waals surface area contributed by atoms with E-state index in [-0.39, 0.29) is 17.5 Å². The molecular formula is C17H19ClN2O. The first-order valence-corrected chi connectivity index (χ1v) is 7.31. The maximum atomic E-state index is 10.1. The topological polar surface area (TPSA) is 29.5 Å². The summed E-state index contributed by atoms with van der Waals surface area (Å²) in [4.78, 5) is 3.49. The van der Waals surface area contributed by atoms with Crippen LogP contribution in [0, 0.1) is 20.4 Å². The number of aromatic hydroxyl groups is 1. The Bertz CT molecular complexity index is 725. The maximum Gasteiger partial charge on any atom is 0.251 e. The van der Waals surface area contributed by atoms with Gasteiger partial charge in [-0.05, 0) is 31.4 Å². The van der Waals surface area contributed by atoms with E-state index in [9.17, 15) is 5.11 Å². The molecule has 1 unspecified atom stereocenters. The molecule has 1 aromatic carbocycles. The van der Waals surface area contributed by atoms with Crippen LogP contribution in [-0.4, -0.2) is 9.67 Å². The molecule has 1 aromatic heterocycles. The number of halogens is 1. The zero-order valence-corrected chi connectivity index (χ0v) is 13.5. The predicted molar refractivity (Wildman–Crippen MR) is 86.4 cm³/mol. The minimum Gasteiger partial charge on any atom is -0.503 e. The highest BCUT2D eigenvalue weighted by atomic mass is 35.5. The lowest BCUT2D eigenvalue weighted by atomic mass is 9.86. The summed E-state index contributed by atoms with van der Waals surface area (Å²) in [5.74, 6) is -0.0532. The fraction of sp³-hybridized carbons (Fsp3) is 0.353. The monoisotopic (exact) mass is 302 g/mol. The van der Waals surface area contributed by atoms with E-state index in [1.165, 1.54) is 15.7 Å². The van der Waals surface area contributed by atoms with Crippen molar-refractivity contribution >= 4 is 17.3 Å². The molecule has 0 saturated heterocycles. The summed E-state index contributed by atoms with van der Waals surface area (Å²) < 4.78 is 1.47. The predicted octanol–water partition coefficient (Wildman–Crippen LogP) is 5.09. The van der Waals surface area contributed by atoms with Gasteiger partial charge in [0.25, 0.3) is 5.69 Å². The highest BCUT2D eigenvalue weighted by Gasteiger charge is 2.27. The van der Waals surface area contributed by atoms with E-state index in [4.69, 9.17) is 18.2 Å². The first kappa shape index (κ1) is 15.5. The van der Waals surface area contributed by atoms with Crippen LogP contribution in [-0.2, 0) is 7.05 Å². The second-order valence-corrected chi connectivity index (χ2v) is 5.73. The van der Waals surface area contributed by atoms with Crippen molar-refractivity contribution < 1.29 is 5.11 Å². The first-order valence-electron chi connectivity index (χ1n) is 6.93. The molecule has 110 valence electrons. The van der Waals surface area contributed by atoms with Gasteiger partial charge in [0, 0.05) is 18.5 Å². The molecule has 2 aromatic rings. The summed E-state index contributed by atoms with van der Waals surface area (Å²) in [7, 11) is 1.67. The minimum atomic E-state index is -0.0618. The van der Waals surface area contributed by atoms with Crippen molar-refractivity contribution in [2.45, 2.75) is 33.1 Å². The minimum absolute atomic E-state index is 0.00861. The molecule has 0 aliphatic rings. The van der Waals surface area contributed by atoms with Gasteiger partial charge < -0.3 is 9.67 Å². The highest BCUT2D eigenvalue weighted by Crippen LogP contribution is 2.46. The van der Waals surface area contributed by atoms with E-state index in [0.717, 1.165) is 17.5 Å². The van der Waals surface area contributed by atoms with Gasteiger partial charge in [-0.15, -0.1) is 0 Å². The van der Waals surface area contributed by atoms with E-state index in [1.54, 1.807) is 7.05 Å². The van der Waals surface area contributed by atoms with Gasteiger partial charge in [-0.3, -0.25) is 0 Å². The number of aryl methyl sites for hydroxylation is 2. The number of rotatable bonds is 3. The van der Waals surface area contributed by atoms with Gasteiger partial charge in [-0.1, -0.05) is 42.3 Å². The summed E-state index contributed by atoms with van der Waals surface area (Å²) in [5, 5.41) is 10.5. The van der Waals surface area contributed by atoms with Crippen LogP contribution in [0.3, 0.4) is 0 Å². The van der Waals surface area contributed by atoms with E-state index >= 15 is 0 Å². The molecule has 4 heteroatoms. The molecule has 1 N–H and O–H groups in total. The number of benzene rings is 1. The average molecular weight is 303 g/mol. The van der Waals surface area contributed by atoms with Crippen LogP contribution in [0.2, 0.25) is 5.15 Å². The van der Waals surface area contributed by atoms with Gasteiger partial charge in [0.05, 0.1) is 6.57 Å². The van der Waals surface area contributed by atoms with Crippen LogP contribution >= 0.6 is 11.6 Å². The summed E-state index contributed by atoms with van der Waals surface area (Å²) >= 11 is 6.36. The van der Waals surface area contributed by atoms with E-state index in [2.05, 4.69) is 43.8 Å². The largest absolute Gasteiger partial charge is 0.503 e. The van der Waals surface area contributed by atoms with Crippen LogP contribution in [0.1, 0.15) is 41.5 Å². The molecule has 0 aliphatic heterocycles. The second-order valence-electron chi connectivity index (χ2n) is 5.37. The second kappa shape index (κ2) is 5.83. The van der Waals surface area contributed by atoms with Crippen LogP contribution in [0.15, 0.2) is 18.2 Å². The Balaban J connectivity index is 2.68. The molecule has 0 fully saturated rings. The van der Waals surface area contributed by atoms with Crippen molar-refractivity contribution in [2.75, 3.05) is 0 Å². The normalized spacial score (nSPS) is 12.2. The number of nitrogens with zero attached hydrogens (tertiary/aromatic N) is 2. The Morgan fingerprint density at radius 3 is 2.57 bits per heavy atom. The van der Waals surface area contributed by atoms with E-state index in [1.807, 2.05) is 0 Å². The molecule has 21 heavy (non-hydrogen) atoms. The van der Waals surface area contributed by atoms with Crippen LogP contribution in [0.5, 0.6) is 5.88 Å². The van der Waals surface area contributed by atoms with Crippen molar-refractivity contribution in [1.82, 2.24) is 4.57 Å². The molecule has 0 radical (unpaired) electrons. The number of hydrogen-bond donors (Lipinski definition) is 1. The first-order chi connectivity index (χ1) is 9.92. The van der Waals surface area contributed by atoms with Crippen molar-refractivity contribution in [3.8, 4) is 5.88 Å². The Morgan fingerprint density at radius 2 is 2.05 bits per heavy atom. The average Bonchev–Trinajstić information content (AvgIpc) is 2.66. The molecule has 0 aliphatic carbocycles. The van der Waals surface area contributed by atoms with Gasteiger partial charge in [0.2, 0.25) is 0 Å². The molecule has 0 spiro atoms. The van der Waals surface area contributed by atoms with Crippen molar-refractivity contribution in [2.24, 2.45) is 7.05 Å². The molecule has 2 rings (SSSR count). The quantitative estimate of drug-likeness (QED) is 0.786. The molecule has 1 heterocycles. The van der Waals surface area contributed by atoms with Gasteiger partial charge in [0.1, 0.15) is 5.15 Å². The zero-order valence-electron chi connectivity index (χ0n) is 12.7. The smallest absolute Gasteiger partial charge is 0.251 e. The molecule has 0 amide bonds. The summed E-state index contributed by atoms with van der Waals surface area (Å²) in [6.07, 6.45) is 0.815. The summed E-state index contributed by atoms with van der Waals surface area (Å²) in [6.45, 7) is 13.5. The Hall–Kier alpha value is -1.92. The zero-order chi connectivity index (χ0) is 15.7. The molecule has 3 nitrogen and oxygen atoms in total. The maximum absolute atomic E-state index is 10.1. The van der Waals surface area contributed by atoms with Gasteiger partial charge in [-0.2, -0.15) is 0 Å².